The fourth-order valence-electron chi connectivity index (χ4n) is 3.51. The van der Waals surface area contributed by atoms with Crippen molar-refractivity contribution in [1.82, 2.24) is 24.6 Å². The number of hydrogen-bond donors (Lipinski definition) is 3. The highest BCUT2D eigenvalue weighted by molar-refractivity contribution is 7.56. The van der Waals surface area contributed by atoms with Crippen LogP contribution in [-0.4, -0.2) is 61.2 Å². The number of nitrogens with zero attached hydrogens (tertiary/aromatic N) is 4. The van der Waals surface area contributed by atoms with Gasteiger partial charge in [-0.2, -0.15) is 0 Å². The summed E-state index contributed by atoms with van der Waals surface area (Å²) in [5.74, 6) is -1.43. The molecule has 0 saturated heterocycles. The molecule has 0 fully saturated rings. The van der Waals surface area contributed by atoms with Gasteiger partial charge in [0.05, 0.1) is 37.8 Å². The Morgan fingerprint density at radius 3 is 2.74 bits per heavy atom. The molecule has 0 saturated carbocycles. The Morgan fingerprint density at radius 1 is 1.26 bits per heavy atom. The molecule has 0 aliphatic rings. The minimum atomic E-state index is -3.82. The number of benzene rings is 1. The maximum Gasteiger partial charge on any atom is 0.335 e. The van der Waals surface area contributed by atoms with E-state index >= 15 is 0 Å². The van der Waals surface area contributed by atoms with E-state index in [1.807, 2.05) is 6.92 Å². The van der Waals surface area contributed by atoms with Crippen molar-refractivity contribution in [3.8, 4) is 0 Å². The number of carbonyl (C=O) groups is 2. The Balaban J connectivity index is 1.74. The lowest BCUT2D eigenvalue weighted by atomic mass is 10.1. The van der Waals surface area contributed by atoms with Crippen LogP contribution in [0.2, 0.25) is 0 Å². The first-order valence-corrected chi connectivity index (χ1v) is 13.8. The molecule has 0 amide bonds. The first-order valence-electron chi connectivity index (χ1n) is 12.0. The third-order valence-corrected chi connectivity index (χ3v) is 7.36. The fourth-order valence-corrected chi connectivity index (χ4v) is 5.46. The highest BCUT2D eigenvalue weighted by atomic mass is 31.2. The molecular weight excluding hydrogens is 515 g/mol. The minimum Gasteiger partial charge on any atom is -0.478 e. The van der Waals surface area contributed by atoms with Crippen molar-refractivity contribution in [2.45, 2.75) is 58.9 Å². The summed E-state index contributed by atoms with van der Waals surface area (Å²) in [6.07, 6.45) is 2.70. The number of nitrogens with one attached hydrogen (secondary N) is 1. The zero-order valence-electron chi connectivity index (χ0n) is 21.8. The maximum absolute atomic E-state index is 13.9. The van der Waals surface area contributed by atoms with Crippen LogP contribution in [0, 0.1) is 0 Å². The second-order valence-electron chi connectivity index (χ2n) is 9.26. The van der Waals surface area contributed by atoms with Crippen molar-refractivity contribution < 1.29 is 33.3 Å². The zero-order valence-corrected chi connectivity index (χ0v) is 22.7. The van der Waals surface area contributed by atoms with E-state index in [1.54, 1.807) is 30.0 Å². The summed E-state index contributed by atoms with van der Waals surface area (Å²) in [5, 5.41) is 12.1. The Bertz CT molecular complexity index is 1330. The highest BCUT2D eigenvalue weighted by Crippen LogP contribution is 2.46. The van der Waals surface area contributed by atoms with Gasteiger partial charge in [-0.15, -0.1) is 0 Å². The number of carboxylic acids is 1. The van der Waals surface area contributed by atoms with Crippen LogP contribution in [0.4, 0.5) is 5.82 Å². The van der Waals surface area contributed by atoms with Crippen LogP contribution in [0.5, 0.6) is 0 Å². The van der Waals surface area contributed by atoms with Crippen molar-refractivity contribution in [2.24, 2.45) is 0 Å². The molecule has 0 unspecified atom stereocenters. The van der Waals surface area contributed by atoms with E-state index in [2.05, 4.69) is 20.0 Å². The number of aromatic nitrogens is 4. The monoisotopic (exact) mass is 548 g/mol. The van der Waals surface area contributed by atoms with Gasteiger partial charge in [-0.05, 0) is 44.9 Å². The van der Waals surface area contributed by atoms with Crippen LogP contribution in [0.25, 0.3) is 11.2 Å². The summed E-state index contributed by atoms with van der Waals surface area (Å²) < 4.78 is 32.6. The number of nitrogens with two attached hydrogens (primary N) is 1. The second kappa shape index (κ2) is 12.4. The molecule has 13 nitrogen and oxygen atoms in total. The van der Waals surface area contributed by atoms with Crippen LogP contribution in [0.15, 0.2) is 36.9 Å². The highest BCUT2D eigenvalue weighted by Gasteiger charge is 2.38. The summed E-state index contributed by atoms with van der Waals surface area (Å²) in [6, 6.07) is 6.09. The molecule has 0 bridgehead atoms. The Labute approximate surface area is 220 Å². The molecule has 1 aromatic carbocycles. The number of carbonyl (C=O) groups excluding carboxylic acids is 1. The molecule has 2 aromatic heterocycles. The number of anilines is 1. The standard InChI is InChI=1S/C24H33N6O7P/c1-5-9-35-23(33)24(3,4)29-38(34,37-12-17-7-6-8-18(10-17)22(31)32)15-36-16(2)11-30-14-28-19-20(25)26-13-27-21(19)30/h6-8,10,13-14,16H,5,9,11-12,15H2,1-4H3,(H,29,34)(H,31,32)(H2,25,26,27)/t16-,38-/m1/s1. The number of hydrogen-bond acceptors (Lipinski definition) is 10. The van der Waals surface area contributed by atoms with E-state index in [9.17, 15) is 19.3 Å². The van der Waals surface area contributed by atoms with E-state index < -0.39 is 31.1 Å². The molecule has 0 spiro atoms. The molecule has 2 atom stereocenters. The van der Waals surface area contributed by atoms with Crippen molar-refractivity contribution in [1.29, 1.82) is 0 Å². The first kappa shape index (κ1) is 29.2. The van der Waals surface area contributed by atoms with Crippen LogP contribution in [-0.2, 0) is 36.5 Å². The van der Waals surface area contributed by atoms with Crippen molar-refractivity contribution in [3.05, 3.63) is 48.0 Å². The first-order chi connectivity index (χ1) is 17.9. The number of esters is 1. The predicted molar refractivity (Wildman–Crippen MR) is 139 cm³/mol. The summed E-state index contributed by atoms with van der Waals surface area (Å²) in [4.78, 5) is 36.3. The number of nitrogen functional groups attached to an aromatic ring is 1. The molecule has 3 aromatic rings. The topological polar surface area (TPSA) is 181 Å². The number of imidazole rings is 1. The van der Waals surface area contributed by atoms with Gasteiger partial charge in [0.25, 0.3) is 7.52 Å². The van der Waals surface area contributed by atoms with Gasteiger partial charge in [0.15, 0.2) is 11.5 Å². The van der Waals surface area contributed by atoms with Crippen LogP contribution < -0.4 is 10.8 Å². The van der Waals surface area contributed by atoms with E-state index in [-0.39, 0.29) is 30.9 Å². The third kappa shape index (κ3) is 7.57. The molecule has 0 aliphatic heterocycles. The summed E-state index contributed by atoms with van der Waals surface area (Å²) in [6.45, 7) is 7.08. The Hall–Kier alpha value is -3.38. The lowest BCUT2D eigenvalue weighted by Gasteiger charge is -2.30. The van der Waals surface area contributed by atoms with Crippen molar-refractivity contribution in [3.63, 3.8) is 0 Å². The van der Waals surface area contributed by atoms with Gasteiger partial charge in [-0.1, -0.05) is 19.1 Å². The minimum absolute atomic E-state index is 0.0687. The third-order valence-electron chi connectivity index (χ3n) is 5.42. The average Bonchev–Trinajstić information content (AvgIpc) is 3.28. The average molecular weight is 549 g/mol. The van der Waals surface area contributed by atoms with Gasteiger partial charge >= 0.3 is 11.9 Å². The molecule has 0 aliphatic carbocycles. The Kier molecular flexibility index (Phi) is 9.55. The van der Waals surface area contributed by atoms with Gasteiger partial charge in [0.1, 0.15) is 23.7 Å². The molecule has 206 valence electrons. The smallest absolute Gasteiger partial charge is 0.335 e. The summed E-state index contributed by atoms with van der Waals surface area (Å²) in [7, 11) is -3.82. The molecule has 0 radical (unpaired) electrons. The second-order valence-corrected chi connectivity index (χ2v) is 11.3. The molecule has 3 rings (SSSR count). The number of ether oxygens (including phenoxy) is 2. The van der Waals surface area contributed by atoms with E-state index in [4.69, 9.17) is 19.7 Å². The number of carboxylic acid groups (broad SMARTS) is 1. The quantitative estimate of drug-likeness (QED) is 0.198. The molecule has 38 heavy (non-hydrogen) atoms. The zero-order chi connectivity index (χ0) is 27.9. The lowest BCUT2D eigenvalue weighted by molar-refractivity contribution is -0.149. The number of fused-ring (bicyclic) bond motifs is 1. The van der Waals surface area contributed by atoms with E-state index in [1.165, 1.54) is 32.3 Å². The predicted octanol–water partition coefficient (Wildman–Crippen LogP) is 3.20. The fraction of sp³-hybridized carbons (Fsp3) is 0.458. The molecule has 2 heterocycles. The van der Waals surface area contributed by atoms with Crippen molar-refractivity contribution in [2.75, 3.05) is 18.7 Å². The van der Waals surface area contributed by atoms with Crippen LogP contribution in [0.3, 0.4) is 0 Å². The van der Waals surface area contributed by atoms with E-state index in [0.29, 0.717) is 29.7 Å². The molecule has 14 heteroatoms. The molecular formula is C24H33N6O7P. The van der Waals surface area contributed by atoms with Gasteiger partial charge in [-0.25, -0.2) is 24.8 Å². The Morgan fingerprint density at radius 2 is 2.03 bits per heavy atom. The van der Waals surface area contributed by atoms with Gasteiger partial charge < -0.3 is 29.4 Å². The van der Waals surface area contributed by atoms with E-state index in [0.717, 1.165) is 0 Å². The van der Waals surface area contributed by atoms with Crippen molar-refractivity contribution >= 4 is 36.4 Å². The SMILES string of the molecule is CCCOC(=O)C(C)(C)N[P@@](=O)(CO[C@H](C)Cn1cnc2c(N)ncnc21)OCc1cccc(C(=O)O)c1. The van der Waals surface area contributed by atoms with Gasteiger partial charge in [-0.3, -0.25) is 9.36 Å². The van der Waals surface area contributed by atoms with Gasteiger partial charge in [0, 0.05) is 0 Å². The largest absolute Gasteiger partial charge is 0.478 e. The summed E-state index contributed by atoms with van der Waals surface area (Å²) in [5.41, 5.74) is 6.05. The maximum atomic E-state index is 13.9. The number of aromatic carboxylic acids is 1. The van der Waals surface area contributed by atoms with Crippen LogP contribution >= 0.6 is 7.52 Å². The lowest BCUT2D eigenvalue weighted by Crippen LogP contribution is -2.47. The summed E-state index contributed by atoms with van der Waals surface area (Å²) >= 11 is 0. The van der Waals surface area contributed by atoms with Crippen LogP contribution in [0.1, 0.15) is 50.0 Å². The van der Waals surface area contributed by atoms with Gasteiger partial charge in [0.2, 0.25) is 0 Å². The molecule has 4 N–H and O–H groups in total. The number of rotatable bonds is 14. The normalized spacial score (nSPS) is 14.2.